The van der Waals surface area contributed by atoms with Crippen molar-refractivity contribution in [2.75, 3.05) is 24.4 Å². The first kappa shape index (κ1) is 22.2. The maximum atomic E-state index is 13.2. The fourth-order valence-electron chi connectivity index (χ4n) is 4.78. The lowest BCUT2D eigenvalue weighted by atomic mass is 9.83. The minimum Gasteiger partial charge on any atom is -0.484 e. The number of benzene rings is 2. The molecular weight excluding hydrogens is 454 g/mol. The number of amides is 1. The Morgan fingerprint density at radius 3 is 2.38 bits per heavy atom. The predicted octanol–water partition coefficient (Wildman–Crippen LogP) is 2.67. The topological polar surface area (TPSA) is 97.7 Å². The summed E-state index contributed by atoms with van der Waals surface area (Å²) in [6.45, 7) is 1.45. The van der Waals surface area contributed by atoms with Gasteiger partial charge in [0.05, 0.1) is 4.90 Å². The second-order valence-electron chi connectivity index (χ2n) is 8.71. The van der Waals surface area contributed by atoms with Gasteiger partial charge in [0, 0.05) is 31.2 Å². The van der Waals surface area contributed by atoms with Crippen LogP contribution in [0.15, 0.2) is 82.5 Å². The van der Waals surface area contributed by atoms with E-state index in [0.717, 1.165) is 12.1 Å². The van der Waals surface area contributed by atoms with Crippen LogP contribution in [0.5, 0.6) is 5.75 Å². The van der Waals surface area contributed by atoms with Crippen LogP contribution in [0.25, 0.3) is 0 Å². The summed E-state index contributed by atoms with van der Waals surface area (Å²) in [4.78, 5) is 27.9. The second-order valence-corrected chi connectivity index (χ2v) is 10.4. The molecule has 176 valence electrons. The second kappa shape index (κ2) is 8.98. The molecule has 1 N–H and O–H groups in total. The first-order chi connectivity index (χ1) is 16.4. The minimum absolute atomic E-state index is 0.0145. The zero-order valence-corrected chi connectivity index (χ0v) is 19.3. The monoisotopic (exact) mass is 479 g/mol. The van der Waals surface area contributed by atoms with Crippen molar-refractivity contribution in [1.29, 1.82) is 0 Å². The number of pyridine rings is 1. The number of para-hydroxylation sites is 1. The molecule has 2 aliphatic heterocycles. The maximum Gasteiger partial charge on any atom is 0.275 e. The van der Waals surface area contributed by atoms with Gasteiger partial charge >= 0.3 is 0 Å². The molecule has 0 saturated carbocycles. The molecular formula is C25H25N3O5S. The Kier molecular flexibility index (Phi) is 5.87. The normalized spacial score (nSPS) is 19.2. The number of sulfonamides is 1. The van der Waals surface area contributed by atoms with Gasteiger partial charge in [0.15, 0.2) is 6.61 Å². The van der Waals surface area contributed by atoms with E-state index in [0.29, 0.717) is 25.4 Å². The third-order valence-corrected chi connectivity index (χ3v) is 7.74. The van der Waals surface area contributed by atoms with Crippen LogP contribution in [-0.4, -0.2) is 43.5 Å². The third-order valence-electron chi connectivity index (χ3n) is 6.36. The van der Waals surface area contributed by atoms with Gasteiger partial charge in [0.1, 0.15) is 11.4 Å². The van der Waals surface area contributed by atoms with Gasteiger partial charge in [-0.15, -0.1) is 0 Å². The van der Waals surface area contributed by atoms with Crippen LogP contribution in [0, 0.1) is 5.92 Å². The van der Waals surface area contributed by atoms with Crippen LogP contribution in [-0.2, 0) is 21.4 Å². The Bertz CT molecular complexity index is 1360. The Balaban J connectivity index is 1.32. The number of nitrogens with one attached hydrogen (secondary N) is 1. The zero-order chi connectivity index (χ0) is 23.7. The van der Waals surface area contributed by atoms with E-state index >= 15 is 0 Å². The van der Waals surface area contributed by atoms with Crippen molar-refractivity contribution in [1.82, 2.24) is 9.47 Å². The molecule has 1 saturated heterocycles. The smallest absolute Gasteiger partial charge is 0.275 e. The number of hydrogen-bond donors (Lipinski definition) is 1. The van der Waals surface area contributed by atoms with E-state index < -0.39 is 10.0 Å². The number of hydrogen-bond acceptors (Lipinski definition) is 5. The Labute approximate surface area is 197 Å². The average Bonchev–Trinajstić information content (AvgIpc) is 2.85. The van der Waals surface area contributed by atoms with Crippen molar-refractivity contribution in [2.24, 2.45) is 5.92 Å². The van der Waals surface area contributed by atoms with Crippen LogP contribution in [0.3, 0.4) is 0 Å². The van der Waals surface area contributed by atoms with Gasteiger partial charge in [-0.2, -0.15) is 0 Å². The molecule has 1 amide bonds. The highest BCUT2D eigenvalue weighted by Gasteiger charge is 2.37. The van der Waals surface area contributed by atoms with Crippen molar-refractivity contribution < 1.29 is 17.9 Å². The van der Waals surface area contributed by atoms with E-state index in [1.807, 2.05) is 35.2 Å². The lowest BCUT2D eigenvalue weighted by Gasteiger charge is -2.42. The zero-order valence-electron chi connectivity index (χ0n) is 18.5. The summed E-state index contributed by atoms with van der Waals surface area (Å²) in [5.74, 6) is 0.697. The SMILES string of the molecule is O=C(COc1ccccc1)N1C[C@@H]2C[C@H](C1)c1ccc(NS(=O)(=O)c3ccccc3)c(=O)n1C2. The summed E-state index contributed by atoms with van der Waals surface area (Å²) in [5, 5.41) is 0. The summed E-state index contributed by atoms with van der Waals surface area (Å²) in [6.07, 6.45) is 0.887. The molecule has 0 spiro atoms. The molecule has 5 rings (SSSR count). The molecule has 1 fully saturated rings. The van der Waals surface area contributed by atoms with Crippen LogP contribution in [0.4, 0.5) is 5.69 Å². The number of aromatic nitrogens is 1. The van der Waals surface area contributed by atoms with Crippen LogP contribution in [0.1, 0.15) is 18.0 Å². The first-order valence-electron chi connectivity index (χ1n) is 11.2. The molecule has 0 radical (unpaired) electrons. The van der Waals surface area contributed by atoms with Crippen LogP contribution in [0.2, 0.25) is 0 Å². The number of carbonyl (C=O) groups excluding carboxylic acids is 1. The van der Waals surface area contributed by atoms with Crippen molar-refractivity contribution in [2.45, 2.75) is 23.8 Å². The van der Waals surface area contributed by atoms with Gasteiger partial charge < -0.3 is 14.2 Å². The number of carbonyl (C=O) groups is 1. The van der Waals surface area contributed by atoms with Gasteiger partial charge in [0.2, 0.25) is 0 Å². The standard InChI is InChI=1S/C25H25N3O5S/c29-24(17-33-20-7-3-1-4-8-20)27-14-18-13-19(16-27)23-12-11-22(25(30)28(23)15-18)26-34(31,32)21-9-5-2-6-10-21/h1-12,18-19,26H,13-17H2/t18-,19+/m0/s1. The van der Waals surface area contributed by atoms with Crippen molar-refractivity contribution >= 4 is 21.6 Å². The Hall–Kier alpha value is -3.59. The highest BCUT2D eigenvalue weighted by molar-refractivity contribution is 7.92. The van der Waals surface area contributed by atoms with Gasteiger partial charge in [-0.25, -0.2) is 8.42 Å². The molecule has 2 aliphatic rings. The van der Waals surface area contributed by atoms with Crippen molar-refractivity contribution in [3.63, 3.8) is 0 Å². The number of fused-ring (bicyclic) bond motifs is 4. The molecule has 9 heteroatoms. The van der Waals surface area contributed by atoms with Gasteiger partial charge in [-0.05, 0) is 48.7 Å². The van der Waals surface area contributed by atoms with E-state index in [2.05, 4.69) is 4.72 Å². The predicted molar refractivity (Wildman–Crippen MR) is 127 cm³/mol. The van der Waals surface area contributed by atoms with E-state index in [9.17, 15) is 18.0 Å². The number of likely N-dealkylation sites (tertiary alicyclic amines) is 1. The number of ether oxygens (including phenoxy) is 1. The summed E-state index contributed by atoms with van der Waals surface area (Å²) < 4.78 is 35.1. The Morgan fingerprint density at radius 2 is 1.65 bits per heavy atom. The summed E-state index contributed by atoms with van der Waals surface area (Å²) in [7, 11) is -3.86. The molecule has 0 unspecified atom stereocenters. The fraction of sp³-hybridized carbons (Fsp3) is 0.280. The maximum absolute atomic E-state index is 13.2. The molecule has 8 nitrogen and oxygen atoms in total. The average molecular weight is 480 g/mol. The van der Waals surface area contributed by atoms with Gasteiger partial charge in [0.25, 0.3) is 21.5 Å². The number of nitrogens with zero attached hydrogens (tertiary/aromatic N) is 2. The fourth-order valence-corrected chi connectivity index (χ4v) is 5.86. The molecule has 3 heterocycles. The molecule has 0 aliphatic carbocycles. The largest absolute Gasteiger partial charge is 0.484 e. The van der Waals surface area contributed by atoms with E-state index in [1.165, 1.54) is 18.2 Å². The summed E-state index contributed by atoms with van der Waals surface area (Å²) >= 11 is 0. The highest BCUT2D eigenvalue weighted by Crippen LogP contribution is 2.35. The quantitative estimate of drug-likeness (QED) is 0.586. The molecule has 1 aromatic heterocycles. The third kappa shape index (κ3) is 4.43. The Morgan fingerprint density at radius 1 is 0.941 bits per heavy atom. The molecule has 34 heavy (non-hydrogen) atoms. The van der Waals surface area contributed by atoms with E-state index in [-0.39, 0.29) is 40.5 Å². The number of piperidine rings is 1. The summed E-state index contributed by atoms with van der Waals surface area (Å²) in [5.41, 5.74) is 0.487. The van der Waals surface area contributed by atoms with E-state index in [4.69, 9.17) is 4.74 Å². The van der Waals surface area contributed by atoms with Crippen LogP contribution < -0.4 is 15.0 Å². The lowest BCUT2D eigenvalue weighted by molar-refractivity contribution is -0.136. The molecule has 2 bridgehead atoms. The number of rotatable bonds is 6. The van der Waals surface area contributed by atoms with Crippen LogP contribution >= 0.6 is 0 Å². The van der Waals surface area contributed by atoms with Crippen molar-refractivity contribution in [3.8, 4) is 5.75 Å². The molecule has 3 aromatic rings. The lowest BCUT2D eigenvalue weighted by Crippen LogP contribution is -2.50. The number of anilines is 1. The molecule has 2 aromatic carbocycles. The van der Waals surface area contributed by atoms with E-state index in [1.54, 1.807) is 28.8 Å². The van der Waals surface area contributed by atoms with Crippen molar-refractivity contribution in [3.05, 3.63) is 88.8 Å². The van der Waals surface area contributed by atoms with Gasteiger partial charge in [-0.3, -0.25) is 14.3 Å². The van der Waals surface area contributed by atoms with Gasteiger partial charge in [-0.1, -0.05) is 36.4 Å². The molecule has 2 atom stereocenters. The highest BCUT2D eigenvalue weighted by atomic mass is 32.2. The minimum atomic E-state index is -3.86. The summed E-state index contributed by atoms with van der Waals surface area (Å²) in [6, 6.07) is 20.5. The first-order valence-corrected chi connectivity index (χ1v) is 12.7.